The minimum atomic E-state index is -0.271. The molecule has 2 aromatic rings. The van der Waals surface area contributed by atoms with Crippen LogP contribution in [0.3, 0.4) is 0 Å². The molecule has 1 aliphatic rings. The molecule has 1 aromatic heterocycles. The van der Waals surface area contributed by atoms with Gasteiger partial charge in [-0.1, -0.05) is 57.2 Å². The number of oxazole rings is 1. The SMILES string of the molecule is C=CCNC(=O)c1nc(-c2ccc(C(C)(C)C)cc2)oc1C1=CC(N(C)C)CC=C1. The lowest BCUT2D eigenvalue weighted by atomic mass is 9.87. The molecule has 0 spiro atoms. The minimum Gasteiger partial charge on any atom is -0.435 e. The zero-order valence-corrected chi connectivity index (χ0v) is 18.5. The molecule has 1 amide bonds. The number of hydrogen-bond donors (Lipinski definition) is 1. The molecule has 158 valence electrons. The number of amides is 1. The Bertz CT molecular complexity index is 973. The number of hydrogen-bond acceptors (Lipinski definition) is 4. The fraction of sp³-hybridized carbons (Fsp3) is 0.360. The van der Waals surface area contributed by atoms with E-state index in [-0.39, 0.29) is 17.4 Å². The first-order valence-corrected chi connectivity index (χ1v) is 10.3. The van der Waals surface area contributed by atoms with E-state index in [1.54, 1.807) is 6.08 Å². The van der Waals surface area contributed by atoms with Crippen LogP contribution in [0.2, 0.25) is 0 Å². The van der Waals surface area contributed by atoms with E-state index in [1.807, 2.05) is 32.3 Å². The third-order valence-corrected chi connectivity index (χ3v) is 5.22. The number of aromatic nitrogens is 1. The first kappa shape index (κ1) is 21.8. The minimum absolute atomic E-state index is 0.0644. The van der Waals surface area contributed by atoms with Crippen molar-refractivity contribution in [3.63, 3.8) is 0 Å². The molecule has 0 saturated carbocycles. The third kappa shape index (κ3) is 4.79. The summed E-state index contributed by atoms with van der Waals surface area (Å²) in [5.41, 5.74) is 3.30. The fourth-order valence-corrected chi connectivity index (χ4v) is 3.33. The predicted octanol–water partition coefficient (Wildman–Crippen LogP) is 4.83. The number of nitrogens with zero attached hydrogens (tertiary/aromatic N) is 2. The van der Waals surface area contributed by atoms with Gasteiger partial charge in [0.25, 0.3) is 5.91 Å². The van der Waals surface area contributed by atoms with E-state index >= 15 is 0 Å². The molecular formula is C25H31N3O2. The van der Waals surface area contributed by atoms with Crippen molar-refractivity contribution in [2.75, 3.05) is 20.6 Å². The molecule has 0 aliphatic heterocycles. The zero-order chi connectivity index (χ0) is 21.9. The summed E-state index contributed by atoms with van der Waals surface area (Å²) in [6.45, 7) is 10.6. The van der Waals surface area contributed by atoms with Crippen LogP contribution in [0.5, 0.6) is 0 Å². The van der Waals surface area contributed by atoms with Gasteiger partial charge in [0, 0.05) is 23.7 Å². The summed E-state index contributed by atoms with van der Waals surface area (Å²) < 4.78 is 6.16. The molecule has 5 heteroatoms. The molecule has 1 heterocycles. The van der Waals surface area contributed by atoms with Gasteiger partial charge in [0.1, 0.15) is 0 Å². The summed E-state index contributed by atoms with van der Waals surface area (Å²) in [5.74, 6) is 0.664. The van der Waals surface area contributed by atoms with E-state index in [9.17, 15) is 4.79 Å². The number of carbonyl (C=O) groups is 1. The van der Waals surface area contributed by atoms with Crippen LogP contribution in [0, 0.1) is 0 Å². The van der Waals surface area contributed by atoms with Crippen LogP contribution in [-0.2, 0) is 5.41 Å². The number of allylic oxidation sites excluding steroid dienone is 2. The molecule has 0 saturated heterocycles. The number of benzene rings is 1. The smallest absolute Gasteiger partial charge is 0.274 e. The highest BCUT2D eigenvalue weighted by Crippen LogP contribution is 2.32. The van der Waals surface area contributed by atoms with Crippen LogP contribution in [0.4, 0.5) is 0 Å². The largest absolute Gasteiger partial charge is 0.435 e. The number of likely N-dealkylation sites (N-methyl/N-ethyl adjacent to an activating group) is 1. The third-order valence-electron chi connectivity index (χ3n) is 5.22. The molecule has 1 N–H and O–H groups in total. The predicted molar refractivity (Wildman–Crippen MR) is 122 cm³/mol. The molecule has 3 rings (SSSR count). The van der Waals surface area contributed by atoms with Crippen LogP contribution in [0.25, 0.3) is 17.0 Å². The Morgan fingerprint density at radius 1 is 1.30 bits per heavy atom. The molecule has 0 fully saturated rings. The Morgan fingerprint density at radius 3 is 2.60 bits per heavy atom. The normalized spacial score (nSPS) is 16.5. The summed E-state index contributed by atoms with van der Waals surface area (Å²) in [5, 5.41) is 2.81. The van der Waals surface area contributed by atoms with Gasteiger partial charge < -0.3 is 14.6 Å². The van der Waals surface area contributed by atoms with Crippen LogP contribution >= 0.6 is 0 Å². The second kappa shape index (κ2) is 8.84. The first-order valence-electron chi connectivity index (χ1n) is 10.3. The maximum absolute atomic E-state index is 12.8. The van der Waals surface area contributed by atoms with Crippen LogP contribution in [0.1, 0.15) is 49.0 Å². The van der Waals surface area contributed by atoms with Gasteiger partial charge in [-0.3, -0.25) is 4.79 Å². The Kier molecular flexibility index (Phi) is 6.42. The van der Waals surface area contributed by atoms with Gasteiger partial charge in [-0.05, 0) is 43.6 Å². The Labute approximate surface area is 179 Å². The topological polar surface area (TPSA) is 58.4 Å². The van der Waals surface area contributed by atoms with Crippen molar-refractivity contribution in [3.05, 3.63) is 72.2 Å². The van der Waals surface area contributed by atoms with Gasteiger partial charge in [0.05, 0.1) is 0 Å². The standard InChI is InChI=1S/C25H31N3O2/c1-7-15-26-23(29)21-22(18-9-8-10-20(16-18)28(5)6)30-24(27-21)17-11-13-19(14-12-17)25(2,3)4/h7-9,11-14,16,20H,1,10,15H2,2-6H3,(H,26,29). The maximum atomic E-state index is 12.8. The first-order chi connectivity index (χ1) is 14.2. The Morgan fingerprint density at radius 2 is 2.00 bits per heavy atom. The Balaban J connectivity index is 2.03. The van der Waals surface area contributed by atoms with Crippen molar-refractivity contribution in [1.29, 1.82) is 0 Å². The Hall–Kier alpha value is -2.92. The molecule has 1 atom stereocenters. The van der Waals surface area contributed by atoms with Crippen molar-refractivity contribution >= 4 is 11.5 Å². The summed E-state index contributed by atoms with van der Waals surface area (Å²) in [6, 6.07) is 8.40. The van der Waals surface area contributed by atoms with Crippen molar-refractivity contribution in [2.45, 2.75) is 38.6 Å². The van der Waals surface area contributed by atoms with E-state index in [0.717, 1.165) is 17.6 Å². The average molecular weight is 406 g/mol. The maximum Gasteiger partial charge on any atom is 0.274 e. The highest BCUT2D eigenvalue weighted by molar-refractivity contribution is 5.98. The number of nitrogens with one attached hydrogen (secondary N) is 1. The molecule has 1 aliphatic carbocycles. The van der Waals surface area contributed by atoms with E-state index in [0.29, 0.717) is 23.9 Å². The molecule has 0 radical (unpaired) electrons. The highest BCUT2D eigenvalue weighted by Gasteiger charge is 2.25. The lowest BCUT2D eigenvalue weighted by molar-refractivity contribution is 0.0952. The van der Waals surface area contributed by atoms with Crippen molar-refractivity contribution < 1.29 is 9.21 Å². The lowest BCUT2D eigenvalue weighted by Crippen LogP contribution is -2.27. The molecular weight excluding hydrogens is 374 g/mol. The van der Waals surface area contributed by atoms with Crippen LogP contribution < -0.4 is 5.32 Å². The van der Waals surface area contributed by atoms with Crippen molar-refractivity contribution in [1.82, 2.24) is 15.2 Å². The monoisotopic (exact) mass is 405 g/mol. The average Bonchev–Trinajstić information content (AvgIpc) is 3.17. The van der Waals surface area contributed by atoms with Crippen molar-refractivity contribution in [3.8, 4) is 11.5 Å². The second-order valence-corrected chi connectivity index (χ2v) is 8.81. The number of rotatable bonds is 6. The summed E-state index contributed by atoms with van der Waals surface area (Å²) >= 11 is 0. The molecule has 5 nitrogen and oxygen atoms in total. The van der Waals surface area contributed by atoms with Crippen molar-refractivity contribution in [2.24, 2.45) is 0 Å². The van der Waals surface area contributed by atoms with Crippen LogP contribution in [0.15, 0.2) is 59.6 Å². The van der Waals surface area contributed by atoms with E-state index in [1.165, 1.54) is 5.56 Å². The van der Waals surface area contributed by atoms with E-state index in [2.05, 4.69) is 66.8 Å². The van der Waals surface area contributed by atoms with Gasteiger partial charge in [0.2, 0.25) is 5.89 Å². The zero-order valence-electron chi connectivity index (χ0n) is 18.5. The molecule has 30 heavy (non-hydrogen) atoms. The van der Waals surface area contributed by atoms with Gasteiger partial charge >= 0.3 is 0 Å². The summed E-state index contributed by atoms with van der Waals surface area (Å²) in [6.07, 6.45) is 8.79. The second-order valence-electron chi connectivity index (χ2n) is 8.81. The summed E-state index contributed by atoms with van der Waals surface area (Å²) in [7, 11) is 4.08. The van der Waals surface area contributed by atoms with Gasteiger partial charge in [0.15, 0.2) is 11.5 Å². The highest BCUT2D eigenvalue weighted by atomic mass is 16.4. The fourth-order valence-electron chi connectivity index (χ4n) is 3.33. The van der Waals surface area contributed by atoms with Gasteiger partial charge in [-0.15, -0.1) is 6.58 Å². The quantitative estimate of drug-likeness (QED) is 0.700. The number of carbonyl (C=O) groups excluding carboxylic acids is 1. The van der Waals surface area contributed by atoms with E-state index < -0.39 is 0 Å². The molecule has 1 aromatic carbocycles. The van der Waals surface area contributed by atoms with Gasteiger partial charge in [-0.2, -0.15) is 0 Å². The summed E-state index contributed by atoms with van der Waals surface area (Å²) in [4.78, 5) is 19.5. The molecule has 1 unspecified atom stereocenters. The molecule has 0 bridgehead atoms. The van der Waals surface area contributed by atoms with E-state index in [4.69, 9.17) is 4.42 Å². The lowest BCUT2D eigenvalue weighted by Gasteiger charge is -2.22. The van der Waals surface area contributed by atoms with Crippen LogP contribution in [-0.4, -0.2) is 42.5 Å². The van der Waals surface area contributed by atoms with Gasteiger partial charge in [-0.25, -0.2) is 4.98 Å².